The van der Waals surface area contributed by atoms with Crippen molar-refractivity contribution in [2.75, 3.05) is 0 Å². The maximum atomic E-state index is 2.32. The monoisotopic (exact) mass is 278 g/mol. The van der Waals surface area contributed by atoms with Gasteiger partial charge in [-0.3, -0.25) is 0 Å². The van der Waals surface area contributed by atoms with Crippen LogP contribution in [0.25, 0.3) is 0 Å². The topological polar surface area (TPSA) is 0 Å². The van der Waals surface area contributed by atoms with E-state index in [4.69, 9.17) is 0 Å². The van der Waals surface area contributed by atoms with Crippen LogP contribution in [-0.2, 0) is 5.41 Å². The van der Waals surface area contributed by atoms with Gasteiger partial charge in [0, 0.05) is 5.41 Å². The van der Waals surface area contributed by atoms with E-state index in [1.54, 1.807) is 0 Å². The summed E-state index contributed by atoms with van der Waals surface area (Å²) in [5.74, 6) is 0.833. The Morgan fingerprint density at radius 2 is 1.38 bits per heavy atom. The maximum Gasteiger partial charge on any atom is 0.0234 e. The second-order valence-corrected chi connectivity index (χ2v) is 6.45. The molecule has 1 aliphatic rings. The largest absolute Gasteiger partial charge is 0.0654 e. The van der Waals surface area contributed by atoms with Crippen LogP contribution in [0.1, 0.15) is 56.6 Å². The molecule has 3 rings (SSSR count). The van der Waals surface area contributed by atoms with Crippen molar-refractivity contribution in [2.24, 2.45) is 5.92 Å². The van der Waals surface area contributed by atoms with E-state index in [9.17, 15) is 0 Å². The second-order valence-electron chi connectivity index (χ2n) is 6.45. The fourth-order valence-corrected chi connectivity index (χ4v) is 3.84. The molecule has 1 atom stereocenters. The normalized spacial score (nSPS) is 19.4. The van der Waals surface area contributed by atoms with Gasteiger partial charge in [0.1, 0.15) is 0 Å². The molecule has 0 aromatic heterocycles. The molecule has 0 N–H and O–H groups in total. The van der Waals surface area contributed by atoms with E-state index < -0.39 is 0 Å². The number of benzene rings is 2. The maximum absolute atomic E-state index is 2.32. The standard InChI is InChI=1S/C21H26/c1-2-3-4-7-16-20-17-21(20,18-12-8-5-9-13-18)19-14-10-6-11-15-19/h5-6,8-15,20H,2-4,7,16-17H2,1H3/t20-/m1/s1. The van der Waals surface area contributed by atoms with Crippen LogP contribution < -0.4 is 0 Å². The molecule has 0 amide bonds. The van der Waals surface area contributed by atoms with Crippen LogP contribution in [0.2, 0.25) is 0 Å². The Balaban J connectivity index is 1.79. The average Bonchev–Trinajstić information content (AvgIpc) is 3.29. The second kappa shape index (κ2) is 6.47. The summed E-state index contributed by atoms with van der Waals surface area (Å²) in [6.45, 7) is 2.29. The van der Waals surface area contributed by atoms with E-state index in [0.717, 1.165) is 5.92 Å². The summed E-state index contributed by atoms with van der Waals surface area (Å²) in [6, 6.07) is 22.3. The molecule has 0 bridgehead atoms. The molecule has 0 unspecified atom stereocenters. The third-order valence-corrected chi connectivity index (χ3v) is 5.09. The van der Waals surface area contributed by atoms with Gasteiger partial charge in [-0.2, -0.15) is 0 Å². The van der Waals surface area contributed by atoms with E-state index in [-0.39, 0.29) is 0 Å². The minimum absolute atomic E-state index is 0.300. The molecule has 0 aliphatic heterocycles. The zero-order valence-electron chi connectivity index (χ0n) is 13.1. The lowest BCUT2D eigenvalue weighted by Crippen LogP contribution is -2.12. The molecule has 1 aliphatic carbocycles. The van der Waals surface area contributed by atoms with Gasteiger partial charge in [0.15, 0.2) is 0 Å². The number of rotatable bonds is 7. The molecule has 2 aromatic rings. The van der Waals surface area contributed by atoms with Crippen molar-refractivity contribution < 1.29 is 0 Å². The molecular weight excluding hydrogens is 252 g/mol. The number of hydrogen-bond donors (Lipinski definition) is 0. The van der Waals surface area contributed by atoms with E-state index in [0.29, 0.717) is 5.41 Å². The Hall–Kier alpha value is -1.56. The van der Waals surface area contributed by atoms with Gasteiger partial charge in [-0.1, -0.05) is 93.3 Å². The highest BCUT2D eigenvalue weighted by Gasteiger charge is 2.55. The van der Waals surface area contributed by atoms with Crippen molar-refractivity contribution >= 4 is 0 Å². The van der Waals surface area contributed by atoms with Gasteiger partial charge < -0.3 is 0 Å². The van der Waals surface area contributed by atoms with Crippen molar-refractivity contribution in [3.05, 3.63) is 71.8 Å². The number of unbranched alkanes of at least 4 members (excludes halogenated alkanes) is 3. The minimum atomic E-state index is 0.300. The van der Waals surface area contributed by atoms with Crippen LogP contribution >= 0.6 is 0 Å². The van der Waals surface area contributed by atoms with Gasteiger partial charge >= 0.3 is 0 Å². The van der Waals surface area contributed by atoms with Crippen molar-refractivity contribution in [1.29, 1.82) is 0 Å². The summed E-state index contributed by atoms with van der Waals surface area (Å²) in [7, 11) is 0. The fourth-order valence-electron chi connectivity index (χ4n) is 3.84. The van der Waals surface area contributed by atoms with Gasteiger partial charge in [-0.25, -0.2) is 0 Å². The molecule has 0 nitrogen and oxygen atoms in total. The average molecular weight is 278 g/mol. The van der Waals surface area contributed by atoms with E-state index in [2.05, 4.69) is 67.6 Å². The lowest BCUT2D eigenvalue weighted by Gasteiger charge is -2.19. The first-order chi connectivity index (χ1) is 10.4. The molecule has 0 spiro atoms. The van der Waals surface area contributed by atoms with Gasteiger partial charge in [0.2, 0.25) is 0 Å². The number of hydrogen-bond acceptors (Lipinski definition) is 0. The summed E-state index contributed by atoms with van der Waals surface area (Å²) >= 11 is 0. The zero-order valence-corrected chi connectivity index (χ0v) is 13.1. The Morgan fingerprint density at radius 3 is 1.90 bits per heavy atom. The van der Waals surface area contributed by atoms with E-state index in [1.165, 1.54) is 49.7 Å². The summed E-state index contributed by atoms with van der Waals surface area (Å²) in [4.78, 5) is 0. The van der Waals surface area contributed by atoms with Crippen LogP contribution in [0, 0.1) is 5.92 Å². The molecule has 0 heterocycles. The lowest BCUT2D eigenvalue weighted by molar-refractivity contribution is 0.563. The molecule has 2 aromatic carbocycles. The molecule has 110 valence electrons. The van der Waals surface area contributed by atoms with Crippen LogP contribution in [0.15, 0.2) is 60.7 Å². The Morgan fingerprint density at radius 1 is 0.810 bits per heavy atom. The molecule has 0 saturated heterocycles. The van der Waals surface area contributed by atoms with Crippen molar-refractivity contribution in [3.63, 3.8) is 0 Å². The fraction of sp³-hybridized carbons (Fsp3) is 0.429. The van der Waals surface area contributed by atoms with Crippen molar-refractivity contribution in [1.82, 2.24) is 0 Å². The third-order valence-electron chi connectivity index (χ3n) is 5.09. The molecule has 21 heavy (non-hydrogen) atoms. The first-order valence-electron chi connectivity index (χ1n) is 8.49. The van der Waals surface area contributed by atoms with Crippen LogP contribution in [0.5, 0.6) is 0 Å². The zero-order chi connectivity index (χ0) is 14.5. The van der Waals surface area contributed by atoms with Crippen molar-refractivity contribution in [3.8, 4) is 0 Å². The van der Waals surface area contributed by atoms with Crippen molar-refractivity contribution in [2.45, 2.75) is 50.9 Å². The predicted octanol–water partition coefficient (Wildman–Crippen LogP) is 5.96. The highest BCUT2D eigenvalue weighted by molar-refractivity contribution is 5.46. The lowest BCUT2D eigenvalue weighted by atomic mass is 9.84. The Kier molecular flexibility index (Phi) is 4.43. The van der Waals surface area contributed by atoms with Gasteiger partial charge in [0.25, 0.3) is 0 Å². The van der Waals surface area contributed by atoms with Gasteiger partial charge in [-0.15, -0.1) is 0 Å². The quantitative estimate of drug-likeness (QED) is 0.548. The molecular formula is C21H26. The van der Waals surface area contributed by atoms with E-state index >= 15 is 0 Å². The minimum Gasteiger partial charge on any atom is -0.0654 e. The Labute approximate surface area is 129 Å². The molecule has 1 saturated carbocycles. The first-order valence-corrected chi connectivity index (χ1v) is 8.49. The summed E-state index contributed by atoms with van der Waals surface area (Å²) in [6.07, 6.45) is 8.20. The van der Waals surface area contributed by atoms with Crippen LogP contribution in [0.3, 0.4) is 0 Å². The molecule has 0 radical (unpaired) electrons. The Bertz CT molecular complexity index is 501. The molecule has 0 heteroatoms. The summed E-state index contributed by atoms with van der Waals surface area (Å²) in [5.41, 5.74) is 3.32. The predicted molar refractivity (Wildman–Crippen MR) is 90.5 cm³/mol. The molecule has 1 fully saturated rings. The van der Waals surface area contributed by atoms with Gasteiger partial charge in [0.05, 0.1) is 0 Å². The summed E-state index contributed by atoms with van der Waals surface area (Å²) in [5, 5.41) is 0. The smallest absolute Gasteiger partial charge is 0.0234 e. The highest BCUT2D eigenvalue weighted by Crippen LogP contribution is 2.60. The van der Waals surface area contributed by atoms with Crippen LogP contribution in [-0.4, -0.2) is 0 Å². The first kappa shape index (κ1) is 14.4. The van der Waals surface area contributed by atoms with Gasteiger partial charge in [-0.05, 0) is 29.9 Å². The highest BCUT2D eigenvalue weighted by atomic mass is 14.6. The third kappa shape index (κ3) is 2.90. The van der Waals surface area contributed by atoms with Crippen LogP contribution in [0.4, 0.5) is 0 Å². The van der Waals surface area contributed by atoms with E-state index in [1.807, 2.05) is 0 Å². The SMILES string of the molecule is CCCCCC[C@@H]1CC1(c1ccccc1)c1ccccc1. The summed E-state index contributed by atoms with van der Waals surface area (Å²) < 4.78 is 0.